The van der Waals surface area contributed by atoms with Gasteiger partial charge in [0.2, 0.25) is 0 Å². The summed E-state index contributed by atoms with van der Waals surface area (Å²) < 4.78 is 13.9. The van der Waals surface area contributed by atoms with Crippen molar-refractivity contribution in [1.82, 2.24) is 4.90 Å². The summed E-state index contributed by atoms with van der Waals surface area (Å²) in [4.78, 5) is 13.5. The van der Waals surface area contributed by atoms with Gasteiger partial charge >= 0.3 is 5.97 Å². The van der Waals surface area contributed by atoms with Crippen LogP contribution in [0.15, 0.2) is 22.7 Å². The van der Waals surface area contributed by atoms with Crippen molar-refractivity contribution in [2.45, 2.75) is 32.7 Å². The summed E-state index contributed by atoms with van der Waals surface area (Å²) in [6.07, 6.45) is 1.29. The first-order valence-corrected chi connectivity index (χ1v) is 7.55. The normalized spacial score (nSPS) is 20.6. The molecule has 0 aliphatic carbocycles. The lowest BCUT2D eigenvalue weighted by Gasteiger charge is -2.39. The van der Waals surface area contributed by atoms with E-state index < -0.39 is 11.4 Å². The maximum absolute atomic E-state index is 13.1. The number of hydrogen-bond donors (Lipinski definition) is 1. The first-order valence-electron chi connectivity index (χ1n) is 6.76. The van der Waals surface area contributed by atoms with Crippen molar-refractivity contribution in [3.8, 4) is 0 Å². The Bertz CT molecular complexity index is 513. The molecule has 1 aromatic carbocycles. The van der Waals surface area contributed by atoms with Gasteiger partial charge in [-0.25, -0.2) is 4.39 Å². The lowest BCUT2D eigenvalue weighted by atomic mass is 9.80. The van der Waals surface area contributed by atoms with Crippen molar-refractivity contribution in [2.75, 3.05) is 13.1 Å². The highest BCUT2D eigenvalue weighted by atomic mass is 79.9. The topological polar surface area (TPSA) is 40.5 Å². The second-order valence-electron chi connectivity index (χ2n) is 5.74. The average molecular weight is 344 g/mol. The van der Waals surface area contributed by atoms with Crippen LogP contribution in [0.25, 0.3) is 0 Å². The standard InChI is InChI=1S/C15H19BrFNO2/c1-10(12-4-3-11(17)9-13(12)16)18-7-5-15(2,6-8-18)14(19)20/h3-4,9-10H,5-8H2,1-2H3,(H,19,20). The van der Waals surface area contributed by atoms with Gasteiger partial charge in [0.1, 0.15) is 5.82 Å². The lowest BCUT2D eigenvalue weighted by Crippen LogP contribution is -2.43. The summed E-state index contributed by atoms with van der Waals surface area (Å²) in [6, 6.07) is 4.86. The van der Waals surface area contributed by atoms with Gasteiger partial charge in [0.05, 0.1) is 5.41 Å². The first-order chi connectivity index (χ1) is 9.33. The number of carboxylic acid groups (broad SMARTS) is 1. The number of piperidine rings is 1. The van der Waals surface area contributed by atoms with E-state index >= 15 is 0 Å². The fraction of sp³-hybridized carbons (Fsp3) is 0.533. The number of aliphatic carboxylic acids is 1. The highest BCUT2D eigenvalue weighted by molar-refractivity contribution is 9.10. The molecule has 0 amide bonds. The van der Waals surface area contributed by atoms with Crippen LogP contribution >= 0.6 is 15.9 Å². The van der Waals surface area contributed by atoms with E-state index in [1.165, 1.54) is 12.1 Å². The Kier molecular flexibility index (Phi) is 4.49. The van der Waals surface area contributed by atoms with E-state index in [1.54, 1.807) is 6.07 Å². The van der Waals surface area contributed by atoms with Crippen molar-refractivity contribution >= 4 is 21.9 Å². The molecule has 1 atom stereocenters. The van der Waals surface area contributed by atoms with Gasteiger partial charge in [-0.3, -0.25) is 9.69 Å². The van der Waals surface area contributed by atoms with Crippen LogP contribution in [-0.4, -0.2) is 29.1 Å². The van der Waals surface area contributed by atoms with E-state index in [4.69, 9.17) is 0 Å². The second kappa shape index (κ2) is 5.82. The van der Waals surface area contributed by atoms with Crippen molar-refractivity contribution in [2.24, 2.45) is 5.41 Å². The fourth-order valence-corrected chi connectivity index (χ4v) is 3.34. The minimum absolute atomic E-state index is 0.142. The van der Waals surface area contributed by atoms with E-state index in [0.717, 1.165) is 23.1 Å². The zero-order chi connectivity index (χ0) is 14.9. The number of carbonyl (C=O) groups is 1. The summed E-state index contributed by atoms with van der Waals surface area (Å²) in [6.45, 7) is 5.37. The van der Waals surface area contributed by atoms with Crippen LogP contribution in [0.1, 0.15) is 38.3 Å². The van der Waals surface area contributed by atoms with Crippen LogP contribution in [0.5, 0.6) is 0 Å². The highest BCUT2D eigenvalue weighted by Crippen LogP contribution is 2.36. The van der Waals surface area contributed by atoms with E-state index in [1.807, 2.05) is 6.92 Å². The van der Waals surface area contributed by atoms with Crippen LogP contribution in [-0.2, 0) is 4.79 Å². The highest BCUT2D eigenvalue weighted by Gasteiger charge is 2.38. The molecule has 2 rings (SSSR count). The van der Waals surface area contributed by atoms with Crippen LogP contribution in [0, 0.1) is 11.2 Å². The maximum Gasteiger partial charge on any atom is 0.309 e. The quantitative estimate of drug-likeness (QED) is 0.906. The zero-order valence-corrected chi connectivity index (χ0v) is 13.3. The van der Waals surface area contributed by atoms with Gasteiger partial charge in [-0.1, -0.05) is 22.0 Å². The van der Waals surface area contributed by atoms with Gasteiger partial charge in [0, 0.05) is 10.5 Å². The van der Waals surface area contributed by atoms with Crippen molar-refractivity contribution in [3.63, 3.8) is 0 Å². The summed E-state index contributed by atoms with van der Waals surface area (Å²) in [5.41, 5.74) is 0.418. The van der Waals surface area contributed by atoms with Gasteiger partial charge in [-0.15, -0.1) is 0 Å². The van der Waals surface area contributed by atoms with E-state index in [2.05, 4.69) is 27.8 Å². The first kappa shape index (κ1) is 15.4. The molecule has 1 aliphatic rings. The Labute approximate surface area is 126 Å². The molecule has 1 heterocycles. The number of hydrogen-bond acceptors (Lipinski definition) is 2. The van der Waals surface area contributed by atoms with Crippen molar-refractivity contribution < 1.29 is 14.3 Å². The van der Waals surface area contributed by atoms with E-state index in [-0.39, 0.29) is 11.9 Å². The van der Waals surface area contributed by atoms with Crippen molar-refractivity contribution in [3.05, 3.63) is 34.1 Å². The Morgan fingerprint density at radius 2 is 2.05 bits per heavy atom. The van der Waals surface area contributed by atoms with Crippen LogP contribution in [0.3, 0.4) is 0 Å². The summed E-state index contributed by atoms with van der Waals surface area (Å²) >= 11 is 3.40. The van der Waals surface area contributed by atoms with Gasteiger partial charge in [-0.2, -0.15) is 0 Å². The molecule has 1 N–H and O–H groups in total. The van der Waals surface area contributed by atoms with Crippen LogP contribution < -0.4 is 0 Å². The fourth-order valence-electron chi connectivity index (χ4n) is 2.66. The molecule has 1 fully saturated rings. The predicted molar refractivity (Wildman–Crippen MR) is 79.1 cm³/mol. The van der Waals surface area contributed by atoms with Crippen LogP contribution in [0.4, 0.5) is 4.39 Å². The predicted octanol–water partition coefficient (Wildman–Crippen LogP) is 3.84. The molecular formula is C15H19BrFNO2. The number of nitrogens with zero attached hydrogens (tertiary/aromatic N) is 1. The minimum atomic E-state index is -0.715. The molecule has 20 heavy (non-hydrogen) atoms. The molecule has 110 valence electrons. The molecule has 5 heteroatoms. The average Bonchev–Trinajstić information content (AvgIpc) is 2.38. The third-order valence-corrected chi connectivity index (χ3v) is 5.06. The Morgan fingerprint density at radius 1 is 1.45 bits per heavy atom. The largest absolute Gasteiger partial charge is 0.481 e. The molecule has 0 spiro atoms. The van der Waals surface area contributed by atoms with Crippen molar-refractivity contribution in [1.29, 1.82) is 0 Å². The molecule has 1 saturated heterocycles. The summed E-state index contributed by atoms with van der Waals surface area (Å²) in [7, 11) is 0. The molecule has 1 unspecified atom stereocenters. The Hall–Kier alpha value is -0.940. The maximum atomic E-state index is 13.1. The number of halogens is 2. The molecule has 3 nitrogen and oxygen atoms in total. The molecule has 0 radical (unpaired) electrons. The lowest BCUT2D eigenvalue weighted by molar-refractivity contribution is -0.151. The monoisotopic (exact) mass is 343 g/mol. The number of benzene rings is 1. The van der Waals surface area contributed by atoms with Gasteiger partial charge in [-0.05, 0) is 57.5 Å². The van der Waals surface area contributed by atoms with Gasteiger partial charge in [0.15, 0.2) is 0 Å². The third kappa shape index (κ3) is 3.04. The van der Waals surface area contributed by atoms with Gasteiger partial charge < -0.3 is 5.11 Å². The molecule has 0 saturated carbocycles. The van der Waals surface area contributed by atoms with Gasteiger partial charge in [0.25, 0.3) is 0 Å². The Balaban J connectivity index is 2.08. The number of likely N-dealkylation sites (tertiary alicyclic amines) is 1. The van der Waals surface area contributed by atoms with E-state index in [9.17, 15) is 14.3 Å². The molecule has 0 bridgehead atoms. The number of carboxylic acids is 1. The molecule has 1 aliphatic heterocycles. The number of rotatable bonds is 3. The molecule has 0 aromatic heterocycles. The summed E-state index contributed by atoms with van der Waals surface area (Å²) in [5.74, 6) is -0.974. The van der Waals surface area contributed by atoms with E-state index in [0.29, 0.717) is 12.8 Å². The summed E-state index contributed by atoms with van der Waals surface area (Å²) in [5, 5.41) is 9.25. The second-order valence-corrected chi connectivity index (χ2v) is 6.60. The smallest absolute Gasteiger partial charge is 0.309 e. The zero-order valence-electron chi connectivity index (χ0n) is 11.7. The molecule has 1 aromatic rings. The SMILES string of the molecule is CC(c1ccc(F)cc1Br)N1CCC(C)(C(=O)O)CC1. The molecular weight excluding hydrogens is 325 g/mol. The van der Waals surface area contributed by atoms with Crippen LogP contribution in [0.2, 0.25) is 0 Å². The third-order valence-electron chi connectivity index (χ3n) is 4.38. The minimum Gasteiger partial charge on any atom is -0.481 e. The Morgan fingerprint density at radius 3 is 2.55 bits per heavy atom.